The van der Waals surface area contributed by atoms with Crippen LogP contribution in [-0.2, 0) is 0 Å². The first kappa shape index (κ1) is 17.6. The summed E-state index contributed by atoms with van der Waals surface area (Å²) in [6.07, 6.45) is 0.698. The van der Waals surface area contributed by atoms with Gasteiger partial charge in [-0.15, -0.1) is 0 Å². The molecule has 6 heteroatoms. The van der Waals surface area contributed by atoms with Crippen LogP contribution < -0.4 is 0 Å². The summed E-state index contributed by atoms with van der Waals surface area (Å²) >= 11 is 3.36. The Morgan fingerprint density at radius 3 is 2.04 bits per heavy atom. The van der Waals surface area contributed by atoms with Crippen LogP contribution in [0.3, 0.4) is 0 Å². The molecule has 0 unspecified atom stereocenters. The van der Waals surface area contributed by atoms with E-state index in [1.807, 2.05) is 12.1 Å². The second kappa shape index (κ2) is 7.78. The molecule has 2 aromatic rings. The number of halogens is 2. The molecule has 0 bridgehead atoms. The van der Waals surface area contributed by atoms with Gasteiger partial charge in [0.25, 0.3) is 11.8 Å². The number of nitrogens with zero attached hydrogens (tertiary/aromatic N) is 2. The van der Waals surface area contributed by atoms with Gasteiger partial charge in [0.1, 0.15) is 5.82 Å². The lowest BCUT2D eigenvalue weighted by Crippen LogP contribution is -2.37. The molecule has 0 N–H and O–H groups in total. The van der Waals surface area contributed by atoms with E-state index in [2.05, 4.69) is 15.9 Å². The molecule has 3 rings (SSSR count). The standard InChI is InChI=1S/C19H18BrFN2O2/c20-16-7-5-14(6-8-16)18(24)22-9-2-10-23(12-11-22)19(25)15-3-1-4-17(21)13-15/h1,3-8,13H,2,9-12H2. The van der Waals surface area contributed by atoms with Crippen molar-refractivity contribution in [2.24, 2.45) is 0 Å². The van der Waals surface area contributed by atoms with Crippen LogP contribution in [0.5, 0.6) is 0 Å². The van der Waals surface area contributed by atoms with E-state index in [9.17, 15) is 14.0 Å². The fourth-order valence-corrected chi connectivity index (χ4v) is 3.17. The summed E-state index contributed by atoms with van der Waals surface area (Å²) in [4.78, 5) is 28.6. The maximum absolute atomic E-state index is 13.3. The van der Waals surface area contributed by atoms with E-state index in [1.165, 1.54) is 18.2 Å². The second-order valence-corrected chi connectivity index (χ2v) is 6.87. The van der Waals surface area contributed by atoms with Crippen molar-refractivity contribution in [1.29, 1.82) is 0 Å². The van der Waals surface area contributed by atoms with Gasteiger partial charge in [0.2, 0.25) is 0 Å². The van der Waals surface area contributed by atoms with Crippen molar-refractivity contribution in [3.8, 4) is 0 Å². The lowest BCUT2D eigenvalue weighted by molar-refractivity contribution is 0.0718. The first-order chi connectivity index (χ1) is 12.0. The quantitative estimate of drug-likeness (QED) is 0.767. The van der Waals surface area contributed by atoms with Gasteiger partial charge in [-0.3, -0.25) is 9.59 Å². The predicted molar refractivity (Wildman–Crippen MR) is 97.0 cm³/mol. The van der Waals surface area contributed by atoms with Gasteiger partial charge in [-0.05, 0) is 48.9 Å². The number of carbonyl (C=O) groups is 2. The molecule has 4 nitrogen and oxygen atoms in total. The first-order valence-corrected chi connectivity index (χ1v) is 8.93. The number of hydrogen-bond acceptors (Lipinski definition) is 2. The van der Waals surface area contributed by atoms with Gasteiger partial charge in [0.05, 0.1) is 0 Å². The van der Waals surface area contributed by atoms with Gasteiger partial charge < -0.3 is 9.80 Å². The minimum atomic E-state index is -0.423. The van der Waals surface area contributed by atoms with E-state index in [0.717, 1.165) is 4.47 Å². The van der Waals surface area contributed by atoms with Crippen molar-refractivity contribution < 1.29 is 14.0 Å². The van der Waals surface area contributed by atoms with Crippen molar-refractivity contribution in [2.75, 3.05) is 26.2 Å². The Hall–Kier alpha value is -2.21. The lowest BCUT2D eigenvalue weighted by atomic mass is 10.2. The van der Waals surface area contributed by atoms with Crippen LogP contribution in [0.25, 0.3) is 0 Å². The number of carbonyl (C=O) groups excluding carboxylic acids is 2. The van der Waals surface area contributed by atoms with Crippen LogP contribution in [0, 0.1) is 5.82 Å². The predicted octanol–water partition coefficient (Wildman–Crippen LogP) is 3.58. The Morgan fingerprint density at radius 2 is 1.44 bits per heavy atom. The Balaban J connectivity index is 1.67. The lowest BCUT2D eigenvalue weighted by Gasteiger charge is -2.22. The van der Waals surface area contributed by atoms with Crippen molar-refractivity contribution in [3.05, 3.63) is 69.9 Å². The highest BCUT2D eigenvalue weighted by Crippen LogP contribution is 2.15. The van der Waals surface area contributed by atoms with E-state index in [1.54, 1.807) is 28.0 Å². The summed E-state index contributed by atoms with van der Waals surface area (Å²) in [7, 11) is 0. The van der Waals surface area contributed by atoms with Gasteiger partial charge in [-0.2, -0.15) is 0 Å². The molecular weight excluding hydrogens is 387 g/mol. The first-order valence-electron chi connectivity index (χ1n) is 8.14. The zero-order valence-electron chi connectivity index (χ0n) is 13.6. The molecule has 2 amide bonds. The largest absolute Gasteiger partial charge is 0.337 e. The average Bonchev–Trinajstić information content (AvgIpc) is 2.87. The van der Waals surface area contributed by atoms with Crippen LogP contribution >= 0.6 is 15.9 Å². The summed E-state index contributed by atoms with van der Waals surface area (Å²) in [6.45, 7) is 2.06. The fourth-order valence-electron chi connectivity index (χ4n) is 2.90. The monoisotopic (exact) mass is 404 g/mol. The molecule has 0 radical (unpaired) electrons. The van der Waals surface area contributed by atoms with Crippen LogP contribution in [0.2, 0.25) is 0 Å². The maximum Gasteiger partial charge on any atom is 0.254 e. The van der Waals surface area contributed by atoms with Crippen molar-refractivity contribution >= 4 is 27.7 Å². The van der Waals surface area contributed by atoms with Crippen LogP contribution in [0.4, 0.5) is 4.39 Å². The summed E-state index contributed by atoms with van der Waals surface area (Å²) in [5.41, 5.74) is 0.973. The average molecular weight is 405 g/mol. The zero-order chi connectivity index (χ0) is 17.8. The third-order valence-corrected chi connectivity index (χ3v) is 4.76. The minimum absolute atomic E-state index is 0.0347. The Kier molecular flexibility index (Phi) is 5.48. The number of hydrogen-bond donors (Lipinski definition) is 0. The highest BCUT2D eigenvalue weighted by Gasteiger charge is 2.23. The van der Waals surface area contributed by atoms with Gasteiger partial charge >= 0.3 is 0 Å². The highest BCUT2D eigenvalue weighted by atomic mass is 79.9. The van der Waals surface area contributed by atoms with Crippen molar-refractivity contribution in [2.45, 2.75) is 6.42 Å². The molecule has 130 valence electrons. The molecule has 0 aromatic heterocycles. The summed E-state index contributed by atoms with van der Waals surface area (Å²) in [5, 5.41) is 0. The van der Waals surface area contributed by atoms with Crippen molar-refractivity contribution in [1.82, 2.24) is 9.80 Å². The van der Waals surface area contributed by atoms with Crippen LogP contribution in [0.1, 0.15) is 27.1 Å². The smallest absolute Gasteiger partial charge is 0.254 e. The number of benzene rings is 2. The molecule has 2 aromatic carbocycles. The molecule has 1 heterocycles. The normalized spacial score (nSPS) is 15.0. The Morgan fingerprint density at radius 1 is 0.840 bits per heavy atom. The van der Waals surface area contributed by atoms with E-state index in [-0.39, 0.29) is 11.8 Å². The number of amides is 2. The third kappa shape index (κ3) is 4.25. The number of rotatable bonds is 2. The molecule has 0 saturated carbocycles. The highest BCUT2D eigenvalue weighted by molar-refractivity contribution is 9.10. The summed E-state index contributed by atoms with van der Waals surface area (Å²) in [6, 6.07) is 13.0. The molecule has 1 aliphatic heterocycles. The van der Waals surface area contributed by atoms with Gasteiger partial charge in [-0.25, -0.2) is 4.39 Å². The second-order valence-electron chi connectivity index (χ2n) is 5.96. The minimum Gasteiger partial charge on any atom is -0.337 e. The topological polar surface area (TPSA) is 40.6 Å². The van der Waals surface area contributed by atoms with E-state index >= 15 is 0 Å². The molecule has 25 heavy (non-hydrogen) atoms. The Bertz CT molecular complexity index is 779. The summed E-state index contributed by atoms with van der Waals surface area (Å²) < 4.78 is 14.3. The van der Waals surface area contributed by atoms with E-state index in [4.69, 9.17) is 0 Å². The Labute approximate surface area is 154 Å². The molecule has 0 spiro atoms. The van der Waals surface area contributed by atoms with Crippen LogP contribution in [0.15, 0.2) is 53.0 Å². The van der Waals surface area contributed by atoms with Crippen LogP contribution in [-0.4, -0.2) is 47.8 Å². The molecule has 1 fully saturated rings. The van der Waals surface area contributed by atoms with E-state index in [0.29, 0.717) is 43.7 Å². The zero-order valence-corrected chi connectivity index (χ0v) is 15.2. The molecule has 0 aliphatic carbocycles. The van der Waals surface area contributed by atoms with E-state index < -0.39 is 5.82 Å². The SMILES string of the molecule is O=C(c1ccc(Br)cc1)N1CCCN(C(=O)c2cccc(F)c2)CC1. The molecule has 1 aliphatic rings. The van der Waals surface area contributed by atoms with Crippen molar-refractivity contribution in [3.63, 3.8) is 0 Å². The maximum atomic E-state index is 13.3. The summed E-state index contributed by atoms with van der Waals surface area (Å²) in [5.74, 6) is -0.655. The molecule has 0 atom stereocenters. The van der Waals surface area contributed by atoms with Gasteiger partial charge in [-0.1, -0.05) is 22.0 Å². The fraction of sp³-hybridized carbons (Fsp3) is 0.263. The molecular formula is C19H18BrFN2O2. The van der Waals surface area contributed by atoms with Gasteiger partial charge in [0, 0.05) is 41.8 Å². The van der Waals surface area contributed by atoms with Gasteiger partial charge in [0.15, 0.2) is 0 Å². The third-order valence-electron chi connectivity index (χ3n) is 4.23. The molecule has 1 saturated heterocycles.